The van der Waals surface area contributed by atoms with Crippen molar-refractivity contribution in [1.82, 2.24) is 14.0 Å². The first-order chi connectivity index (χ1) is 25.3. The summed E-state index contributed by atoms with van der Waals surface area (Å²) in [6, 6.07) is 62.4. The summed E-state index contributed by atoms with van der Waals surface area (Å²) in [5, 5.41) is 0. The first kappa shape index (κ1) is 29.2. The van der Waals surface area contributed by atoms with Crippen LogP contribution in [0.3, 0.4) is 0 Å². The van der Waals surface area contributed by atoms with Crippen LogP contribution in [0.25, 0.3) is 27.8 Å². The van der Waals surface area contributed by atoms with E-state index in [2.05, 4.69) is 191 Å². The van der Waals surface area contributed by atoms with E-state index in [1.165, 1.54) is 5.69 Å². The Morgan fingerprint density at radius 1 is 0.529 bits per heavy atom. The number of aliphatic imine (C=N–C) groups is 1. The van der Waals surface area contributed by atoms with Crippen LogP contribution in [0.1, 0.15) is 0 Å². The summed E-state index contributed by atoms with van der Waals surface area (Å²) in [7, 11) is 0. The average molecular weight is 658 g/mol. The van der Waals surface area contributed by atoms with Crippen molar-refractivity contribution in [2.75, 3.05) is 16.5 Å². The molecule has 0 bridgehead atoms. The van der Waals surface area contributed by atoms with Gasteiger partial charge in [-0.1, -0.05) is 97.1 Å². The quantitative estimate of drug-likeness (QED) is 0.167. The molecular weight excluding hydrogens is 625 g/mol. The Balaban J connectivity index is 1.24. The molecule has 0 amide bonds. The highest BCUT2D eigenvalue weighted by Crippen LogP contribution is 2.57. The van der Waals surface area contributed by atoms with Crippen LogP contribution in [0.15, 0.2) is 187 Å². The largest absolute Gasteiger partial charge is 0.321 e. The van der Waals surface area contributed by atoms with Crippen molar-refractivity contribution in [2.45, 2.75) is 0 Å². The van der Waals surface area contributed by atoms with Crippen LogP contribution >= 0.6 is 0 Å². The van der Waals surface area contributed by atoms with E-state index in [0.29, 0.717) is 11.2 Å². The third-order valence-electron chi connectivity index (χ3n) is 10.2. The molecule has 8 aromatic rings. The van der Waals surface area contributed by atoms with Crippen LogP contribution in [0.2, 0.25) is 0 Å². The molecule has 1 atom stereocenters. The van der Waals surface area contributed by atoms with Crippen LogP contribution in [0.4, 0.5) is 45.5 Å². The lowest BCUT2D eigenvalue weighted by molar-refractivity contribution is 0.783. The molecule has 6 heteroatoms. The van der Waals surface area contributed by atoms with Crippen LogP contribution in [0.5, 0.6) is 0 Å². The molecule has 0 spiro atoms. The molecule has 0 aliphatic carbocycles. The molecule has 6 nitrogen and oxygen atoms in total. The molecule has 1 unspecified atom stereocenters. The van der Waals surface area contributed by atoms with Crippen molar-refractivity contribution in [2.24, 2.45) is 4.99 Å². The van der Waals surface area contributed by atoms with Crippen LogP contribution < -0.4 is 14.3 Å². The zero-order valence-corrected chi connectivity index (χ0v) is 27.8. The fourth-order valence-corrected chi connectivity index (χ4v) is 7.82. The minimum Gasteiger partial charge on any atom is -0.321 e. The lowest BCUT2D eigenvalue weighted by Crippen LogP contribution is -2.37. The van der Waals surface area contributed by atoms with E-state index in [4.69, 9.17) is 9.98 Å². The Kier molecular flexibility index (Phi) is 6.69. The summed E-state index contributed by atoms with van der Waals surface area (Å²) in [6.45, 7) is 0.645. The van der Waals surface area contributed by atoms with Gasteiger partial charge >= 0.3 is 0 Å². The lowest BCUT2D eigenvalue weighted by Gasteiger charge is -2.35. The molecule has 3 heterocycles. The molecular formula is C45H33N6+. The van der Waals surface area contributed by atoms with Gasteiger partial charge in [0.05, 0.1) is 22.4 Å². The maximum absolute atomic E-state index is 5.06. The van der Waals surface area contributed by atoms with Crippen molar-refractivity contribution in [3.8, 4) is 16.8 Å². The standard InChI is InChI=1S/C45H33N6/c1-4-15-34(16-5-1)48-30-46-39-29-33(27-28-40(39)48)37-21-14-26-44(51(36-19-8-3-9-20-36)31-47-38-22-10-13-25-43(38)51)45(37)50-32-49(35-17-6-2-7-18-35)41-23-11-12-24-42(41)50/h1-31H,32H2/q+1. The van der Waals surface area contributed by atoms with Gasteiger partial charge in [0.1, 0.15) is 30.1 Å². The summed E-state index contributed by atoms with van der Waals surface area (Å²) in [5.74, 6) is 0. The van der Waals surface area contributed by atoms with Crippen molar-refractivity contribution < 1.29 is 0 Å². The van der Waals surface area contributed by atoms with Gasteiger partial charge in [0, 0.05) is 41.2 Å². The van der Waals surface area contributed by atoms with Crippen molar-refractivity contribution in [3.63, 3.8) is 0 Å². The number of benzene rings is 7. The lowest BCUT2D eigenvalue weighted by atomic mass is 9.98. The molecule has 0 saturated heterocycles. The Morgan fingerprint density at radius 3 is 1.96 bits per heavy atom. The summed E-state index contributed by atoms with van der Waals surface area (Å²) < 4.78 is 2.51. The highest BCUT2D eigenvalue weighted by atomic mass is 15.4. The third-order valence-corrected chi connectivity index (χ3v) is 10.2. The number of imidazole rings is 1. The number of para-hydroxylation sites is 8. The number of aromatic nitrogens is 2. The van der Waals surface area contributed by atoms with Crippen LogP contribution in [-0.4, -0.2) is 22.6 Å². The fraction of sp³-hybridized carbons (Fsp3) is 0.0222. The van der Waals surface area contributed by atoms with E-state index in [-0.39, 0.29) is 0 Å². The van der Waals surface area contributed by atoms with Crippen LogP contribution in [-0.2, 0) is 0 Å². The predicted molar refractivity (Wildman–Crippen MR) is 211 cm³/mol. The van der Waals surface area contributed by atoms with Crippen molar-refractivity contribution in [1.29, 1.82) is 0 Å². The number of nitrogens with zero attached hydrogens (tertiary/aromatic N) is 6. The predicted octanol–water partition coefficient (Wildman–Crippen LogP) is 11.6. The van der Waals surface area contributed by atoms with Crippen LogP contribution in [0, 0.1) is 0 Å². The molecule has 0 saturated carbocycles. The molecule has 51 heavy (non-hydrogen) atoms. The average Bonchev–Trinajstić information content (AvgIpc) is 3.93. The minimum atomic E-state index is 0.356. The van der Waals surface area contributed by atoms with E-state index < -0.39 is 0 Å². The number of quaternary nitrogens is 1. The number of hydrogen-bond acceptors (Lipinski definition) is 4. The second-order valence-corrected chi connectivity index (χ2v) is 12.9. The Bertz CT molecular complexity index is 2580. The van der Waals surface area contributed by atoms with Gasteiger partial charge in [-0.3, -0.25) is 4.57 Å². The molecule has 7 aromatic carbocycles. The normalized spacial score (nSPS) is 16.1. The van der Waals surface area contributed by atoms with E-state index in [9.17, 15) is 0 Å². The smallest absolute Gasteiger partial charge is 0.206 e. The van der Waals surface area contributed by atoms with Crippen molar-refractivity contribution in [3.05, 3.63) is 182 Å². The molecule has 0 radical (unpaired) electrons. The third kappa shape index (κ3) is 4.54. The first-order valence-corrected chi connectivity index (χ1v) is 17.2. The van der Waals surface area contributed by atoms with Gasteiger partial charge in [0.25, 0.3) is 0 Å². The second kappa shape index (κ2) is 11.7. The van der Waals surface area contributed by atoms with E-state index in [1.807, 2.05) is 12.4 Å². The number of hydrogen-bond donors (Lipinski definition) is 0. The van der Waals surface area contributed by atoms with E-state index in [1.54, 1.807) is 0 Å². The van der Waals surface area contributed by atoms with Gasteiger partial charge in [-0.25, -0.2) is 4.98 Å². The molecule has 0 fully saturated rings. The van der Waals surface area contributed by atoms with Gasteiger partial charge in [0.2, 0.25) is 6.34 Å². The summed E-state index contributed by atoms with van der Waals surface area (Å²) in [5.41, 5.74) is 14.2. The van der Waals surface area contributed by atoms with Gasteiger partial charge in [-0.15, -0.1) is 0 Å². The molecule has 2 aliphatic heterocycles. The number of rotatable bonds is 6. The molecule has 0 N–H and O–H groups in total. The van der Waals surface area contributed by atoms with Crippen molar-refractivity contribution >= 4 is 62.9 Å². The zero-order valence-electron chi connectivity index (χ0n) is 27.8. The summed E-state index contributed by atoms with van der Waals surface area (Å²) in [6.07, 6.45) is 4.02. The Morgan fingerprint density at radius 2 is 1.18 bits per heavy atom. The SMILES string of the molecule is C1=Nc2ccccc2[N+]1(c1ccccc1)c1cccc(-c2ccc3c(c2)ncn3-c2ccccc2)c1N1CN(c2ccccc2)c2ccccc21. The molecule has 1 aromatic heterocycles. The Labute approximate surface area is 296 Å². The second-order valence-electron chi connectivity index (χ2n) is 12.9. The van der Waals surface area contributed by atoms with Gasteiger partial charge in [-0.05, 0) is 60.2 Å². The fourth-order valence-electron chi connectivity index (χ4n) is 7.82. The maximum Gasteiger partial charge on any atom is 0.206 e. The summed E-state index contributed by atoms with van der Waals surface area (Å²) >= 11 is 0. The molecule has 242 valence electrons. The zero-order chi connectivity index (χ0) is 33.8. The van der Waals surface area contributed by atoms with E-state index >= 15 is 0 Å². The Hall–Kier alpha value is -6.76. The topological polar surface area (TPSA) is 36.7 Å². The van der Waals surface area contributed by atoms with E-state index in [0.717, 1.165) is 67.7 Å². The molecule has 10 rings (SSSR count). The highest BCUT2D eigenvalue weighted by molar-refractivity contribution is 6.08. The van der Waals surface area contributed by atoms with Gasteiger partial charge < -0.3 is 9.80 Å². The summed E-state index contributed by atoms with van der Waals surface area (Å²) in [4.78, 5) is 14.8. The number of fused-ring (bicyclic) bond motifs is 3. The number of anilines is 4. The highest BCUT2D eigenvalue weighted by Gasteiger charge is 2.45. The van der Waals surface area contributed by atoms with Gasteiger partial charge in [-0.2, -0.15) is 9.48 Å². The maximum atomic E-state index is 5.06. The first-order valence-electron chi connectivity index (χ1n) is 17.2. The molecule has 2 aliphatic rings. The monoisotopic (exact) mass is 657 g/mol. The van der Waals surface area contributed by atoms with Gasteiger partial charge in [0.15, 0.2) is 11.4 Å². The minimum absolute atomic E-state index is 0.356.